The molecule has 0 unspecified atom stereocenters. The minimum atomic E-state index is 0.167. The average Bonchev–Trinajstić information content (AvgIpc) is 2.14. The summed E-state index contributed by atoms with van der Waals surface area (Å²) in [6.07, 6.45) is 2.04. The van der Waals surface area contributed by atoms with Gasteiger partial charge in [-0.15, -0.1) is 0 Å². The molecule has 0 aromatic carbocycles. The lowest BCUT2D eigenvalue weighted by atomic mass is 10.2. The monoisotopic (exact) mass is 202 g/mol. The van der Waals surface area contributed by atoms with Gasteiger partial charge in [-0.05, 0) is 26.9 Å². The molecule has 0 aliphatic rings. The van der Waals surface area contributed by atoms with Crippen LogP contribution in [0.5, 0.6) is 0 Å². The maximum absolute atomic E-state index is 11.5. The van der Waals surface area contributed by atoms with Crippen molar-refractivity contribution in [1.82, 2.24) is 9.80 Å². The molecule has 1 amide bonds. The number of nitrogens with zero attached hydrogens (tertiary/aromatic N) is 2. The Morgan fingerprint density at radius 1 is 1.14 bits per heavy atom. The molecular formula is C10H22N2O2. The van der Waals surface area contributed by atoms with Crippen molar-refractivity contribution >= 4 is 5.91 Å². The van der Waals surface area contributed by atoms with E-state index in [9.17, 15) is 4.79 Å². The highest BCUT2D eigenvalue weighted by Gasteiger charge is 2.07. The minimum absolute atomic E-state index is 0.167. The topological polar surface area (TPSA) is 43.8 Å². The molecule has 1 N–H and O–H groups in total. The van der Waals surface area contributed by atoms with Crippen LogP contribution in [0.3, 0.4) is 0 Å². The molecule has 0 spiro atoms. The molecule has 0 rings (SSSR count). The van der Waals surface area contributed by atoms with Crippen molar-refractivity contribution in [1.29, 1.82) is 0 Å². The Morgan fingerprint density at radius 2 is 1.79 bits per heavy atom. The molecule has 0 radical (unpaired) electrons. The van der Waals surface area contributed by atoms with E-state index >= 15 is 0 Å². The maximum atomic E-state index is 11.5. The van der Waals surface area contributed by atoms with Gasteiger partial charge in [0.1, 0.15) is 0 Å². The summed E-state index contributed by atoms with van der Waals surface area (Å²) >= 11 is 0. The summed E-state index contributed by atoms with van der Waals surface area (Å²) in [6, 6.07) is 0. The van der Waals surface area contributed by atoms with E-state index in [1.54, 1.807) is 4.90 Å². The molecule has 14 heavy (non-hydrogen) atoms. The van der Waals surface area contributed by atoms with E-state index in [0.717, 1.165) is 19.5 Å². The zero-order valence-corrected chi connectivity index (χ0v) is 9.49. The van der Waals surface area contributed by atoms with E-state index in [4.69, 9.17) is 5.11 Å². The highest BCUT2D eigenvalue weighted by atomic mass is 16.3. The third kappa shape index (κ3) is 6.86. The number of rotatable bonds is 7. The number of carbonyl (C=O) groups is 1. The number of carbonyl (C=O) groups excluding carboxylic acids is 1. The second-order valence-electron chi connectivity index (χ2n) is 3.80. The molecule has 0 aliphatic heterocycles. The van der Waals surface area contributed by atoms with E-state index < -0.39 is 0 Å². The third-order valence-electron chi connectivity index (χ3n) is 2.11. The first-order valence-electron chi connectivity index (χ1n) is 5.07. The Kier molecular flexibility index (Phi) is 7.42. The van der Waals surface area contributed by atoms with E-state index in [2.05, 4.69) is 4.90 Å². The lowest BCUT2D eigenvalue weighted by Gasteiger charge is -2.19. The first-order valence-corrected chi connectivity index (χ1v) is 5.07. The van der Waals surface area contributed by atoms with Crippen LogP contribution >= 0.6 is 0 Å². The van der Waals surface area contributed by atoms with Crippen molar-refractivity contribution < 1.29 is 9.90 Å². The molecule has 0 aromatic rings. The molecule has 4 heteroatoms. The summed E-state index contributed by atoms with van der Waals surface area (Å²) in [5, 5.41) is 8.56. The number of amides is 1. The van der Waals surface area contributed by atoms with Crippen molar-refractivity contribution in [2.75, 3.05) is 40.8 Å². The van der Waals surface area contributed by atoms with E-state index in [1.165, 1.54) is 0 Å². The van der Waals surface area contributed by atoms with Crippen molar-refractivity contribution in [2.45, 2.75) is 19.3 Å². The van der Waals surface area contributed by atoms with Crippen LogP contribution in [0.25, 0.3) is 0 Å². The van der Waals surface area contributed by atoms with Gasteiger partial charge in [-0.25, -0.2) is 0 Å². The van der Waals surface area contributed by atoms with Crippen LogP contribution in [0.15, 0.2) is 0 Å². The fraction of sp³-hybridized carbons (Fsp3) is 0.900. The van der Waals surface area contributed by atoms with Gasteiger partial charge in [-0.2, -0.15) is 0 Å². The molecule has 0 saturated heterocycles. The molecule has 84 valence electrons. The van der Waals surface area contributed by atoms with Gasteiger partial charge in [0.05, 0.1) is 0 Å². The first-order chi connectivity index (χ1) is 6.57. The van der Waals surface area contributed by atoms with Gasteiger partial charge in [0.2, 0.25) is 5.91 Å². The summed E-state index contributed by atoms with van der Waals surface area (Å²) in [7, 11) is 5.80. The summed E-state index contributed by atoms with van der Waals surface area (Å²) in [5.41, 5.74) is 0. The quantitative estimate of drug-likeness (QED) is 0.598. The second-order valence-corrected chi connectivity index (χ2v) is 3.80. The number of hydrogen-bond acceptors (Lipinski definition) is 3. The van der Waals surface area contributed by atoms with Gasteiger partial charge in [0.25, 0.3) is 0 Å². The van der Waals surface area contributed by atoms with Crippen LogP contribution in [0.4, 0.5) is 0 Å². The molecular weight excluding hydrogens is 180 g/mol. The normalized spacial score (nSPS) is 10.6. The van der Waals surface area contributed by atoms with Crippen LogP contribution in [0, 0.1) is 0 Å². The Bertz CT molecular complexity index is 160. The predicted octanol–water partition coefficient (Wildman–Crippen LogP) is 0.169. The highest BCUT2D eigenvalue weighted by molar-refractivity contribution is 5.75. The number of likely N-dealkylation sites (N-methyl/N-ethyl adjacent to an activating group) is 2. The number of hydrogen-bond donors (Lipinski definition) is 1. The van der Waals surface area contributed by atoms with Gasteiger partial charge in [0.15, 0.2) is 0 Å². The van der Waals surface area contributed by atoms with Crippen LogP contribution in [-0.2, 0) is 4.79 Å². The summed E-state index contributed by atoms with van der Waals surface area (Å²) in [5.74, 6) is 0.167. The number of aliphatic hydroxyl groups excluding tert-OH is 1. The van der Waals surface area contributed by atoms with Crippen molar-refractivity contribution in [3.63, 3.8) is 0 Å². The summed E-state index contributed by atoms with van der Waals surface area (Å²) in [4.78, 5) is 15.3. The zero-order chi connectivity index (χ0) is 11.0. The molecule has 0 fully saturated rings. The Hall–Kier alpha value is -0.610. The SMILES string of the molecule is CN(C)CCN(C)C(=O)CCCCO. The molecule has 0 atom stereocenters. The first kappa shape index (κ1) is 13.4. The number of unbranched alkanes of at least 4 members (excludes halogenated alkanes) is 1. The van der Waals surface area contributed by atoms with Crippen LogP contribution in [-0.4, -0.2) is 61.7 Å². The molecule has 0 bridgehead atoms. The summed E-state index contributed by atoms with van der Waals surface area (Å²) in [6.45, 7) is 1.84. The molecule has 0 heterocycles. The Balaban J connectivity index is 3.54. The fourth-order valence-corrected chi connectivity index (χ4v) is 1.05. The van der Waals surface area contributed by atoms with Gasteiger partial charge >= 0.3 is 0 Å². The highest BCUT2D eigenvalue weighted by Crippen LogP contribution is 1.98. The Labute approximate surface area is 86.5 Å². The average molecular weight is 202 g/mol. The summed E-state index contributed by atoms with van der Waals surface area (Å²) < 4.78 is 0. The lowest BCUT2D eigenvalue weighted by Crippen LogP contribution is -2.33. The van der Waals surface area contributed by atoms with Crippen LogP contribution < -0.4 is 0 Å². The number of aliphatic hydroxyl groups is 1. The molecule has 0 aromatic heterocycles. The van der Waals surface area contributed by atoms with Crippen molar-refractivity contribution in [3.8, 4) is 0 Å². The Morgan fingerprint density at radius 3 is 2.29 bits per heavy atom. The lowest BCUT2D eigenvalue weighted by molar-refractivity contribution is -0.130. The minimum Gasteiger partial charge on any atom is -0.396 e. The second kappa shape index (κ2) is 7.76. The van der Waals surface area contributed by atoms with E-state index in [-0.39, 0.29) is 12.5 Å². The van der Waals surface area contributed by atoms with Crippen LogP contribution in [0.2, 0.25) is 0 Å². The third-order valence-corrected chi connectivity index (χ3v) is 2.11. The van der Waals surface area contributed by atoms with Gasteiger partial charge in [-0.1, -0.05) is 0 Å². The van der Waals surface area contributed by atoms with Crippen LogP contribution in [0.1, 0.15) is 19.3 Å². The van der Waals surface area contributed by atoms with Gasteiger partial charge < -0.3 is 14.9 Å². The van der Waals surface area contributed by atoms with Crippen molar-refractivity contribution in [2.24, 2.45) is 0 Å². The van der Waals surface area contributed by atoms with Gasteiger partial charge in [0, 0.05) is 33.2 Å². The molecule has 0 aliphatic carbocycles. The standard InChI is InChI=1S/C10H22N2O2/c1-11(2)7-8-12(3)10(14)6-4-5-9-13/h13H,4-9H2,1-3H3. The largest absolute Gasteiger partial charge is 0.396 e. The molecule has 4 nitrogen and oxygen atoms in total. The van der Waals surface area contributed by atoms with E-state index in [0.29, 0.717) is 12.8 Å². The van der Waals surface area contributed by atoms with E-state index in [1.807, 2.05) is 21.1 Å². The molecule has 0 saturated carbocycles. The fourth-order valence-electron chi connectivity index (χ4n) is 1.05. The zero-order valence-electron chi connectivity index (χ0n) is 9.49. The smallest absolute Gasteiger partial charge is 0.222 e. The predicted molar refractivity (Wildman–Crippen MR) is 57.1 cm³/mol. The van der Waals surface area contributed by atoms with Crippen molar-refractivity contribution in [3.05, 3.63) is 0 Å². The van der Waals surface area contributed by atoms with Gasteiger partial charge in [-0.3, -0.25) is 4.79 Å². The maximum Gasteiger partial charge on any atom is 0.222 e.